The van der Waals surface area contributed by atoms with Crippen LogP contribution in [0, 0.1) is 0 Å². The molecule has 0 bridgehead atoms. The van der Waals surface area contributed by atoms with Gasteiger partial charge in [-0.2, -0.15) is 0 Å². The number of likely N-dealkylation sites (N-methyl/N-ethyl adjacent to an activating group) is 1. The molecule has 6 heteroatoms. The highest BCUT2D eigenvalue weighted by molar-refractivity contribution is 5.91. The van der Waals surface area contributed by atoms with Crippen molar-refractivity contribution < 1.29 is 14.7 Å². The fourth-order valence-electron chi connectivity index (χ4n) is 3.15. The number of fused-ring (bicyclic) bond motifs is 1. The average Bonchev–Trinajstić information content (AvgIpc) is 3.12. The smallest absolute Gasteiger partial charge is 0.245 e. The predicted molar refractivity (Wildman–Crippen MR) is 86.6 cm³/mol. The first-order chi connectivity index (χ1) is 11.1. The number of hydrogen-bond donors (Lipinski definition) is 2. The molecule has 1 saturated heterocycles. The average molecular weight is 315 g/mol. The quantitative estimate of drug-likeness (QED) is 0.868. The number of amides is 2. The number of aromatic amines is 1. The van der Waals surface area contributed by atoms with Crippen LogP contribution in [-0.2, 0) is 16.1 Å². The van der Waals surface area contributed by atoms with Crippen LogP contribution in [-0.4, -0.2) is 57.9 Å². The molecule has 1 aromatic carbocycles. The number of aliphatic hydroxyl groups excluding tert-OH is 1. The van der Waals surface area contributed by atoms with Gasteiger partial charge in [0, 0.05) is 43.7 Å². The highest BCUT2D eigenvalue weighted by Gasteiger charge is 2.37. The zero-order chi connectivity index (χ0) is 16.4. The Morgan fingerprint density at radius 1 is 1.43 bits per heavy atom. The summed E-state index contributed by atoms with van der Waals surface area (Å²) in [6.45, 7) is 0.627. The lowest BCUT2D eigenvalue weighted by Gasteiger charge is -2.27. The second-order valence-electron chi connectivity index (χ2n) is 5.92. The first kappa shape index (κ1) is 15.6. The number of nitrogens with one attached hydrogen (secondary N) is 1. The number of hydrogen-bond acceptors (Lipinski definition) is 3. The van der Waals surface area contributed by atoms with Gasteiger partial charge in [0.05, 0.1) is 6.61 Å². The van der Waals surface area contributed by atoms with Gasteiger partial charge in [0.15, 0.2) is 0 Å². The Bertz CT molecular complexity index is 725. The van der Waals surface area contributed by atoms with Crippen LogP contribution in [0.4, 0.5) is 0 Å². The van der Waals surface area contributed by atoms with Crippen LogP contribution in [0.1, 0.15) is 18.4 Å². The van der Waals surface area contributed by atoms with Gasteiger partial charge in [0.1, 0.15) is 6.04 Å². The number of para-hydroxylation sites is 1. The topological polar surface area (TPSA) is 76.6 Å². The molecule has 1 aliphatic heterocycles. The van der Waals surface area contributed by atoms with Gasteiger partial charge in [-0.15, -0.1) is 0 Å². The zero-order valence-corrected chi connectivity index (χ0v) is 13.2. The molecule has 0 aliphatic carbocycles. The lowest BCUT2D eigenvalue weighted by Crippen LogP contribution is -2.45. The van der Waals surface area contributed by atoms with Crippen molar-refractivity contribution in [2.45, 2.75) is 25.4 Å². The van der Waals surface area contributed by atoms with Crippen molar-refractivity contribution in [3.63, 3.8) is 0 Å². The maximum atomic E-state index is 12.5. The molecule has 1 fully saturated rings. The third kappa shape index (κ3) is 2.94. The molecule has 1 atom stereocenters. The van der Waals surface area contributed by atoms with E-state index in [9.17, 15) is 9.59 Å². The van der Waals surface area contributed by atoms with Crippen molar-refractivity contribution in [2.24, 2.45) is 0 Å². The van der Waals surface area contributed by atoms with E-state index in [2.05, 4.69) is 4.98 Å². The SMILES string of the molecule is CN(CCO)C(=O)C1CCC(=O)N1Cc1c[nH]c2ccccc12. The second-order valence-corrected chi connectivity index (χ2v) is 5.92. The van der Waals surface area contributed by atoms with Gasteiger partial charge in [0.25, 0.3) is 0 Å². The second kappa shape index (κ2) is 6.42. The van der Waals surface area contributed by atoms with E-state index in [1.165, 1.54) is 4.90 Å². The summed E-state index contributed by atoms with van der Waals surface area (Å²) in [6, 6.07) is 7.48. The van der Waals surface area contributed by atoms with E-state index in [-0.39, 0.29) is 25.0 Å². The summed E-state index contributed by atoms with van der Waals surface area (Å²) in [5.41, 5.74) is 2.04. The van der Waals surface area contributed by atoms with Crippen LogP contribution in [0.15, 0.2) is 30.5 Å². The Hall–Kier alpha value is -2.34. The highest BCUT2D eigenvalue weighted by Crippen LogP contribution is 2.26. The van der Waals surface area contributed by atoms with Crippen LogP contribution in [0.3, 0.4) is 0 Å². The first-order valence-corrected chi connectivity index (χ1v) is 7.82. The molecule has 2 N–H and O–H groups in total. The number of H-pyrrole nitrogens is 1. The maximum Gasteiger partial charge on any atom is 0.245 e. The number of carbonyl (C=O) groups is 2. The van der Waals surface area contributed by atoms with Crippen molar-refractivity contribution in [2.75, 3.05) is 20.2 Å². The van der Waals surface area contributed by atoms with Gasteiger partial charge in [-0.1, -0.05) is 18.2 Å². The number of aliphatic hydroxyl groups is 1. The Labute approximate surface area is 134 Å². The Balaban J connectivity index is 1.82. The summed E-state index contributed by atoms with van der Waals surface area (Å²) >= 11 is 0. The number of nitrogens with zero attached hydrogens (tertiary/aromatic N) is 2. The number of aromatic nitrogens is 1. The summed E-state index contributed by atoms with van der Waals surface area (Å²) in [5.74, 6) is -0.101. The molecule has 3 rings (SSSR count). The normalized spacial score (nSPS) is 17.9. The van der Waals surface area contributed by atoms with E-state index in [1.807, 2.05) is 30.5 Å². The molecule has 0 spiro atoms. The number of benzene rings is 1. The summed E-state index contributed by atoms with van der Waals surface area (Å²) in [7, 11) is 1.66. The van der Waals surface area contributed by atoms with Crippen LogP contribution in [0.5, 0.6) is 0 Å². The molecular formula is C17H21N3O3. The summed E-state index contributed by atoms with van der Waals surface area (Å²) in [6.07, 6.45) is 2.83. The Morgan fingerprint density at radius 2 is 2.22 bits per heavy atom. The minimum absolute atomic E-state index is 0.00558. The third-order valence-corrected chi connectivity index (χ3v) is 4.44. The molecule has 0 radical (unpaired) electrons. The van der Waals surface area contributed by atoms with Crippen LogP contribution in [0.2, 0.25) is 0 Å². The Morgan fingerprint density at radius 3 is 3.00 bits per heavy atom. The molecule has 2 amide bonds. The monoisotopic (exact) mass is 315 g/mol. The summed E-state index contributed by atoms with van der Waals surface area (Å²) < 4.78 is 0. The number of likely N-dealkylation sites (tertiary alicyclic amines) is 1. The molecule has 1 aliphatic rings. The molecule has 1 unspecified atom stereocenters. The van der Waals surface area contributed by atoms with Gasteiger partial charge >= 0.3 is 0 Å². The standard InChI is InChI=1S/C17H21N3O3/c1-19(8-9-21)17(23)15-6-7-16(22)20(15)11-12-10-18-14-5-3-2-4-13(12)14/h2-5,10,15,18,21H,6-9,11H2,1H3. The minimum atomic E-state index is -0.437. The van der Waals surface area contributed by atoms with E-state index >= 15 is 0 Å². The Kier molecular flexibility index (Phi) is 4.34. The molecule has 2 heterocycles. The molecule has 122 valence electrons. The summed E-state index contributed by atoms with van der Waals surface area (Å²) in [4.78, 5) is 31.1. The van der Waals surface area contributed by atoms with Crippen molar-refractivity contribution in [3.05, 3.63) is 36.0 Å². The fourth-order valence-corrected chi connectivity index (χ4v) is 3.15. The highest BCUT2D eigenvalue weighted by atomic mass is 16.3. The summed E-state index contributed by atoms with van der Waals surface area (Å²) in [5, 5.41) is 10.1. The van der Waals surface area contributed by atoms with Gasteiger partial charge in [-0.25, -0.2) is 0 Å². The lowest BCUT2D eigenvalue weighted by molar-refractivity contribution is -0.141. The molecule has 23 heavy (non-hydrogen) atoms. The third-order valence-electron chi connectivity index (χ3n) is 4.44. The van der Waals surface area contributed by atoms with E-state index in [0.717, 1.165) is 16.5 Å². The molecular weight excluding hydrogens is 294 g/mol. The maximum absolute atomic E-state index is 12.5. The van der Waals surface area contributed by atoms with E-state index in [0.29, 0.717) is 19.4 Å². The van der Waals surface area contributed by atoms with Gasteiger partial charge in [-0.05, 0) is 18.1 Å². The zero-order valence-electron chi connectivity index (χ0n) is 13.2. The van der Waals surface area contributed by atoms with E-state index in [4.69, 9.17) is 5.11 Å². The van der Waals surface area contributed by atoms with Gasteiger partial charge in [-0.3, -0.25) is 9.59 Å². The van der Waals surface area contributed by atoms with Crippen molar-refractivity contribution in [1.82, 2.24) is 14.8 Å². The van der Waals surface area contributed by atoms with E-state index in [1.54, 1.807) is 11.9 Å². The lowest BCUT2D eigenvalue weighted by atomic mass is 10.1. The van der Waals surface area contributed by atoms with Crippen LogP contribution < -0.4 is 0 Å². The first-order valence-electron chi connectivity index (χ1n) is 7.82. The van der Waals surface area contributed by atoms with E-state index < -0.39 is 6.04 Å². The largest absolute Gasteiger partial charge is 0.395 e. The van der Waals surface area contributed by atoms with Crippen LogP contribution in [0.25, 0.3) is 10.9 Å². The predicted octanol–water partition coefficient (Wildman–Crippen LogP) is 1.11. The fraction of sp³-hybridized carbons (Fsp3) is 0.412. The molecule has 0 saturated carbocycles. The van der Waals surface area contributed by atoms with Crippen LogP contribution >= 0.6 is 0 Å². The van der Waals surface area contributed by atoms with Crippen molar-refractivity contribution in [3.8, 4) is 0 Å². The van der Waals surface area contributed by atoms with Gasteiger partial charge < -0.3 is 19.9 Å². The van der Waals surface area contributed by atoms with Gasteiger partial charge in [0.2, 0.25) is 11.8 Å². The molecule has 6 nitrogen and oxygen atoms in total. The minimum Gasteiger partial charge on any atom is -0.395 e. The number of rotatable bonds is 5. The van der Waals surface area contributed by atoms with Crippen molar-refractivity contribution >= 4 is 22.7 Å². The molecule has 2 aromatic rings. The van der Waals surface area contributed by atoms with Crippen molar-refractivity contribution in [1.29, 1.82) is 0 Å². The molecule has 1 aromatic heterocycles. The number of carbonyl (C=O) groups excluding carboxylic acids is 2.